The number of fused-ring (bicyclic) bond motifs is 1. The Bertz CT molecular complexity index is 532. The smallest absolute Gasteiger partial charge is 0.224 e. The van der Waals surface area contributed by atoms with Gasteiger partial charge >= 0.3 is 0 Å². The van der Waals surface area contributed by atoms with Gasteiger partial charge in [-0.15, -0.1) is 0 Å². The standard InChI is InChI=1S/C15H19N3O/c1-2-7-14-13(6-1)15(17-12-16-14)19-11-5-10-18-8-3-4-9-18/h1-2,6-7,12H,3-5,8-11H2. The van der Waals surface area contributed by atoms with Crippen molar-refractivity contribution in [2.75, 3.05) is 26.2 Å². The van der Waals surface area contributed by atoms with Gasteiger partial charge in [-0.3, -0.25) is 0 Å². The molecule has 1 aromatic carbocycles. The third-order valence-corrected chi connectivity index (χ3v) is 3.56. The zero-order valence-electron chi connectivity index (χ0n) is 11.1. The summed E-state index contributed by atoms with van der Waals surface area (Å²) in [5.41, 5.74) is 0.937. The van der Waals surface area contributed by atoms with Crippen LogP contribution in [-0.2, 0) is 0 Å². The lowest BCUT2D eigenvalue weighted by molar-refractivity contribution is 0.259. The van der Waals surface area contributed by atoms with E-state index in [0.29, 0.717) is 5.88 Å². The van der Waals surface area contributed by atoms with Crippen LogP contribution in [0.15, 0.2) is 30.6 Å². The second-order valence-corrected chi connectivity index (χ2v) is 4.95. The van der Waals surface area contributed by atoms with Crippen molar-refractivity contribution in [1.29, 1.82) is 0 Å². The molecule has 1 saturated heterocycles. The SMILES string of the molecule is c1ccc2c(OCCCN3CCCC3)ncnc2c1. The highest BCUT2D eigenvalue weighted by Crippen LogP contribution is 2.20. The summed E-state index contributed by atoms with van der Waals surface area (Å²) >= 11 is 0. The summed E-state index contributed by atoms with van der Waals surface area (Å²) in [6.07, 6.45) is 5.31. The minimum atomic E-state index is 0.701. The number of nitrogens with zero attached hydrogens (tertiary/aromatic N) is 3. The molecule has 100 valence electrons. The number of ether oxygens (including phenoxy) is 1. The Labute approximate surface area is 113 Å². The van der Waals surface area contributed by atoms with Crippen molar-refractivity contribution in [3.05, 3.63) is 30.6 Å². The molecule has 0 atom stereocenters. The van der Waals surface area contributed by atoms with E-state index in [-0.39, 0.29) is 0 Å². The summed E-state index contributed by atoms with van der Waals surface area (Å²) in [4.78, 5) is 11.0. The van der Waals surface area contributed by atoms with E-state index in [0.717, 1.165) is 30.5 Å². The molecule has 0 bridgehead atoms. The summed E-state index contributed by atoms with van der Waals surface area (Å²) in [6, 6.07) is 7.95. The number of hydrogen-bond donors (Lipinski definition) is 0. The molecular formula is C15H19N3O. The average molecular weight is 257 g/mol. The normalized spacial score (nSPS) is 16.0. The van der Waals surface area contributed by atoms with Gasteiger partial charge < -0.3 is 9.64 Å². The van der Waals surface area contributed by atoms with Gasteiger partial charge in [0.2, 0.25) is 5.88 Å². The highest BCUT2D eigenvalue weighted by atomic mass is 16.5. The second-order valence-electron chi connectivity index (χ2n) is 4.95. The predicted molar refractivity (Wildman–Crippen MR) is 75.3 cm³/mol. The van der Waals surface area contributed by atoms with Gasteiger partial charge in [0.1, 0.15) is 6.33 Å². The lowest BCUT2D eigenvalue weighted by Crippen LogP contribution is -2.22. The number of para-hydroxylation sites is 1. The molecule has 1 aromatic heterocycles. The van der Waals surface area contributed by atoms with Crippen LogP contribution in [0.25, 0.3) is 10.9 Å². The highest BCUT2D eigenvalue weighted by molar-refractivity contribution is 5.82. The first-order valence-electron chi connectivity index (χ1n) is 6.98. The topological polar surface area (TPSA) is 38.2 Å². The molecular weight excluding hydrogens is 238 g/mol. The fourth-order valence-corrected chi connectivity index (χ4v) is 2.56. The Balaban J connectivity index is 1.56. The van der Waals surface area contributed by atoms with Gasteiger partial charge in [0.05, 0.1) is 17.5 Å². The number of benzene rings is 1. The van der Waals surface area contributed by atoms with Gasteiger partial charge in [-0.05, 0) is 44.5 Å². The summed E-state index contributed by atoms with van der Waals surface area (Å²) in [5, 5.41) is 0.992. The quantitative estimate of drug-likeness (QED) is 0.771. The van der Waals surface area contributed by atoms with Crippen LogP contribution in [0.2, 0.25) is 0 Å². The van der Waals surface area contributed by atoms with E-state index in [1.165, 1.54) is 25.9 Å². The van der Waals surface area contributed by atoms with Gasteiger partial charge in [0.15, 0.2) is 0 Å². The molecule has 0 unspecified atom stereocenters. The predicted octanol–water partition coefficient (Wildman–Crippen LogP) is 2.49. The third kappa shape index (κ3) is 3.01. The molecule has 4 heteroatoms. The van der Waals surface area contributed by atoms with Gasteiger partial charge in [0.25, 0.3) is 0 Å². The van der Waals surface area contributed by atoms with E-state index in [4.69, 9.17) is 4.74 Å². The first-order valence-corrected chi connectivity index (χ1v) is 6.98. The van der Waals surface area contributed by atoms with Crippen molar-refractivity contribution >= 4 is 10.9 Å². The average Bonchev–Trinajstić information content (AvgIpc) is 2.97. The molecule has 3 rings (SSSR count). The van der Waals surface area contributed by atoms with Crippen molar-refractivity contribution in [1.82, 2.24) is 14.9 Å². The van der Waals surface area contributed by atoms with E-state index in [2.05, 4.69) is 14.9 Å². The maximum atomic E-state index is 5.80. The van der Waals surface area contributed by atoms with Gasteiger partial charge in [-0.25, -0.2) is 9.97 Å². The fourth-order valence-electron chi connectivity index (χ4n) is 2.56. The first kappa shape index (κ1) is 12.4. The molecule has 19 heavy (non-hydrogen) atoms. The van der Waals surface area contributed by atoms with Crippen LogP contribution in [0.3, 0.4) is 0 Å². The van der Waals surface area contributed by atoms with Crippen LogP contribution in [0.5, 0.6) is 5.88 Å². The van der Waals surface area contributed by atoms with Crippen molar-refractivity contribution in [3.8, 4) is 5.88 Å². The van der Waals surface area contributed by atoms with E-state index in [1.54, 1.807) is 6.33 Å². The van der Waals surface area contributed by atoms with Crippen molar-refractivity contribution in [2.45, 2.75) is 19.3 Å². The molecule has 0 spiro atoms. The van der Waals surface area contributed by atoms with Gasteiger partial charge in [-0.2, -0.15) is 0 Å². The third-order valence-electron chi connectivity index (χ3n) is 3.56. The number of aromatic nitrogens is 2. The molecule has 0 saturated carbocycles. The van der Waals surface area contributed by atoms with Crippen molar-refractivity contribution in [3.63, 3.8) is 0 Å². The molecule has 2 aromatic rings. The summed E-state index contributed by atoms with van der Waals surface area (Å²) < 4.78 is 5.80. The summed E-state index contributed by atoms with van der Waals surface area (Å²) in [6.45, 7) is 4.34. The molecule has 0 amide bonds. The number of likely N-dealkylation sites (tertiary alicyclic amines) is 1. The van der Waals surface area contributed by atoms with Crippen molar-refractivity contribution < 1.29 is 4.74 Å². The lowest BCUT2D eigenvalue weighted by Gasteiger charge is -2.14. The van der Waals surface area contributed by atoms with Gasteiger partial charge in [0, 0.05) is 6.54 Å². The Kier molecular flexibility index (Phi) is 3.89. The Hall–Kier alpha value is -1.68. The molecule has 4 nitrogen and oxygen atoms in total. The van der Waals surface area contributed by atoms with Crippen LogP contribution >= 0.6 is 0 Å². The fraction of sp³-hybridized carbons (Fsp3) is 0.467. The van der Waals surface area contributed by atoms with Crippen LogP contribution in [-0.4, -0.2) is 41.1 Å². The van der Waals surface area contributed by atoms with E-state index in [1.807, 2.05) is 24.3 Å². The Morgan fingerprint density at radius 2 is 1.95 bits per heavy atom. The molecule has 0 aliphatic carbocycles. The molecule has 0 radical (unpaired) electrons. The Morgan fingerprint density at radius 1 is 1.11 bits per heavy atom. The van der Waals surface area contributed by atoms with Gasteiger partial charge in [-0.1, -0.05) is 12.1 Å². The first-order chi connectivity index (χ1) is 9.43. The van der Waals surface area contributed by atoms with Crippen molar-refractivity contribution in [2.24, 2.45) is 0 Å². The monoisotopic (exact) mass is 257 g/mol. The molecule has 2 heterocycles. The molecule has 0 N–H and O–H groups in total. The highest BCUT2D eigenvalue weighted by Gasteiger charge is 2.10. The zero-order chi connectivity index (χ0) is 12.9. The zero-order valence-corrected chi connectivity index (χ0v) is 11.1. The molecule has 1 aliphatic heterocycles. The lowest BCUT2D eigenvalue weighted by atomic mass is 10.2. The summed E-state index contributed by atoms with van der Waals surface area (Å²) in [5.74, 6) is 0.701. The van der Waals surface area contributed by atoms with Crippen LogP contribution in [0.4, 0.5) is 0 Å². The second kappa shape index (κ2) is 5.97. The van der Waals surface area contributed by atoms with Crippen LogP contribution < -0.4 is 4.74 Å². The van der Waals surface area contributed by atoms with Crippen LogP contribution in [0.1, 0.15) is 19.3 Å². The Morgan fingerprint density at radius 3 is 2.84 bits per heavy atom. The van der Waals surface area contributed by atoms with E-state index < -0.39 is 0 Å². The largest absolute Gasteiger partial charge is 0.477 e. The maximum absolute atomic E-state index is 5.80. The minimum Gasteiger partial charge on any atom is -0.477 e. The summed E-state index contributed by atoms with van der Waals surface area (Å²) in [7, 11) is 0. The minimum absolute atomic E-state index is 0.701. The number of rotatable bonds is 5. The van der Waals surface area contributed by atoms with E-state index >= 15 is 0 Å². The molecule has 1 fully saturated rings. The maximum Gasteiger partial charge on any atom is 0.224 e. The number of hydrogen-bond acceptors (Lipinski definition) is 4. The van der Waals surface area contributed by atoms with E-state index in [9.17, 15) is 0 Å². The molecule has 1 aliphatic rings. The van der Waals surface area contributed by atoms with Crippen LogP contribution in [0, 0.1) is 0 Å².